The maximum Gasteiger partial charge on any atom is 0.179 e. The van der Waals surface area contributed by atoms with E-state index in [9.17, 15) is 0 Å². The van der Waals surface area contributed by atoms with E-state index in [-0.39, 0.29) is 0 Å². The van der Waals surface area contributed by atoms with Crippen molar-refractivity contribution in [2.45, 2.75) is 40.3 Å². The molecule has 0 saturated carbocycles. The zero-order valence-corrected chi connectivity index (χ0v) is 14.3. The van der Waals surface area contributed by atoms with E-state index >= 15 is 0 Å². The Hall–Kier alpha value is -1.45. The van der Waals surface area contributed by atoms with Gasteiger partial charge in [-0.15, -0.1) is 0 Å². The Morgan fingerprint density at radius 2 is 1.81 bits per heavy atom. The summed E-state index contributed by atoms with van der Waals surface area (Å²) < 4.78 is 0. The molecule has 0 spiro atoms. The number of nitrogens with one attached hydrogen (secondary N) is 1. The van der Waals surface area contributed by atoms with Gasteiger partial charge in [0.1, 0.15) is 0 Å². The second-order valence-electron chi connectivity index (χ2n) is 7.76. The molecule has 114 valence electrons. The van der Waals surface area contributed by atoms with E-state index in [0.717, 1.165) is 11.5 Å². The second kappa shape index (κ2) is 5.40. The molecule has 1 saturated heterocycles. The number of hydrogen-bond acceptors (Lipinski definition) is 3. The minimum absolute atomic E-state index is 0.365. The molecule has 1 aliphatic heterocycles. The monoisotopic (exact) mass is 285 g/mol. The van der Waals surface area contributed by atoms with Crippen LogP contribution < -0.4 is 15.7 Å². The molecule has 3 nitrogen and oxygen atoms in total. The SMILES string of the molecule is C=CNc1cc(B2CC(C)(C)C(C)(C)C2)cnc1N(C)C. The van der Waals surface area contributed by atoms with Crippen LogP contribution in [-0.2, 0) is 0 Å². The van der Waals surface area contributed by atoms with Crippen molar-refractivity contribution in [3.05, 3.63) is 25.0 Å². The molecule has 1 aliphatic rings. The molecule has 0 atom stereocenters. The van der Waals surface area contributed by atoms with Crippen LogP contribution in [0, 0.1) is 10.8 Å². The molecule has 4 heteroatoms. The summed E-state index contributed by atoms with van der Waals surface area (Å²) in [5.41, 5.74) is 3.10. The lowest BCUT2D eigenvalue weighted by atomic mass is 9.42. The molecule has 1 aromatic rings. The van der Waals surface area contributed by atoms with Gasteiger partial charge in [0.15, 0.2) is 12.5 Å². The van der Waals surface area contributed by atoms with Crippen molar-refractivity contribution < 1.29 is 0 Å². The first-order valence-electron chi connectivity index (χ1n) is 7.73. The van der Waals surface area contributed by atoms with Crippen LogP contribution in [0.4, 0.5) is 11.5 Å². The van der Waals surface area contributed by atoms with Crippen LogP contribution in [0.25, 0.3) is 0 Å². The molecular formula is C17H28BN3. The summed E-state index contributed by atoms with van der Waals surface area (Å²) in [4.78, 5) is 6.68. The Morgan fingerprint density at radius 3 is 2.29 bits per heavy atom. The Balaban J connectivity index is 2.34. The number of pyridine rings is 1. The van der Waals surface area contributed by atoms with Crippen molar-refractivity contribution in [2.75, 3.05) is 24.3 Å². The van der Waals surface area contributed by atoms with E-state index in [1.54, 1.807) is 6.20 Å². The van der Waals surface area contributed by atoms with Gasteiger partial charge in [0, 0.05) is 20.3 Å². The number of aromatic nitrogens is 1. The average Bonchev–Trinajstić information content (AvgIpc) is 2.58. The van der Waals surface area contributed by atoms with E-state index < -0.39 is 0 Å². The number of hydrogen-bond donors (Lipinski definition) is 1. The molecule has 0 bridgehead atoms. The Morgan fingerprint density at radius 1 is 1.24 bits per heavy atom. The third-order valence-corrected chi connectivity index (χ3v) is 5.39. The molecule has 1 N–H and O–H groups in total. The molecule has 2 rings (SSSR count). The van der Waals surface area contributed by atoms with Crippen LogP contribution in [0.15, 0.2) is 25.0 Å². The minimum Gasteiger partial charge on any atom is -0.361 e. The predicted molar refractivity (Wildman–Crippen MR) is 94.9 cm³/mol. The molecule has 0 unspecified atom stereocenters. The molecule has 1 fully saturated rings. The maximum atomic E-state index is 4.65. The molecule has 1 aromatic heterocycles. The number of nitrogens with zero attached hydrogens (tertiary/aromatic N) is 2. The van der Waals surface area contributed by atoms with E-state index in [1.807, 2.05) is 25.2 Å². The minimum atomic E-state index is 0.365. The van der Waals surface area contributed by atoms with E-state index in [4.69, 9.17) is 0 Å². The molecule has 21 heavy (non-hydrogen) atoms. The molecule has 2 heterocycles. The lowest BCUT2D eigenvalue weighted by Gasteiger charge is -2.35. The van der Waals surface area contributed by atoms with Crippen molar-refractivity contribution in [3.63, 3.8) is 0 Å². The highest BCUT2D eigenvalue weighted by Crippen LogP contribution is 2.52. The van der Waals surface area contributed by atoms with Crippen LogP contribution in [0.3, 0.4) is 0 Å². The van der Waals surface area contributed by atoms with Crippen molar-refractivity contribution in [3.8, 4) is 0 Å². The molecule has 0 aliphatic carbocycles. The summed E-state index contributed by atoms with van der Waals surface area (Å²) in [7, 11) is 4.02. The van der Waals surface area contributed by atoms with Gasteiger partial charge in [-0.25, -0.2) is 4.98 Å². The first kappa shape index (κ1) is 15.9. The summed E-state index contributed by atoms with van der Waals surface area (Å²) in [5, 5.41) is 3.22. The Labute approximate surface area is 129 Å². The highest BCUT2D eigenvalue weighted by atomic mass is 15.2. The fraction of sp³-hybridized carbons (Fsp3) is 0.588. The number of rotatable bonds is 4. The highest BCUT2D eigenvalue weighted by molar-refractivity contribution is 6.74. The smallest absolute Gasteiger partial charge is 0.179 e. The fourth-order valence-electron chi connectivity index (χ4n) is 3.36. The highest BCUT2D eigenvalue weighted by Gasteiger charge is 2.48. The first-order valence-corrected chi connectivity index (χ1v) is 7.73. The number of anilines is 2. The summed E-state index contributed by atoms with van der Waals surface area (Å²) >= 11 is 0. The first-order chi connectivity index (χ1) is 9.68. The standard InChI is InChI=1S/C17H28BN3/c1-8-19-14-9-13(10-20-15(14)21(6)7)18-11-16(2,3)17(4,5)12-18/h8-10,19H,1,11-12H2,2-7H3. The van der Waals surface area contributed by atoms with E-state index in [0.29, 0.717) is 17.5 Å². The summed E-state index contributed by atoms with van der Waals surface area (Å²) in [6.07, 6.45) is 6.20. The van der Waals surface area contributed by atoms with Gasteiger partial charge in [0.25, 0.3) is 0 Å². The third-order valence-electron chi connectivity index (χ3n) is 5.39. The maximum absolute atomic E-state index is 4.65. The third kappa shape index (κ3) is 2.94. The van der Waals surface area contributed by atoms with Crippen molar-refractivity contribution in [1.29, 1.82) is 0 Å². The zero-order chi connectivity index (χ0) is 15.8. The Bertz CT molecular complexity index is 519. The quantitative estimate of drug-likeness (QED) is 0.859. The van der Waals surface area contributed by atoms with E-state index in [2.05, 4.69) is 50.6 Å². The van der Waals surface area contributed by atoms with Crippen molar-refractivity contribution >= 4 is 23.7 Å². The lowest BCUT2D eigenvalue weighted by molar-refractivity contribution is 0.177. The molecule has 0 aromatic carbocycles. The largest absolute Gasteiger partial charge is 0.361 e. The van der Waals surface area contributed by atoms with Gasteiger partial charge in [-0.05, 0) is 23.1 Å². The molecule has 0 radical (unpaired) electrons. The summed E-state index contributed by atoms with van der Waals surface area (Å²) in [5.74, 6) is 0.954. The molecule has 0 amide bonds. The lowest BCUT2D eigenvalue weighted by Crippen LogP contribution is -2.29. The van der Waals surface area contributed by atoms with Crippen LogP contribution >= 0.6 is 0 Å². The predicted octanol–water partition coefficient (Wildman–Crippen LogP) is 3.47. The van der Waals surface area contributed by atoms with Crippen molar-refractivity contribution in [1.82, 2.24) is 4.98 Å². The van der Waals surface area contributed by atoms with Crippen LogP contribution in [-0.4, -0.2) is 25.8 Å². The van der Waals surface area contributed by atoms with Gasteiger partial charge in [0.05, 0.1) is 5.69 Å². The summed E-state index contributed by atoms with van der Waals surface area (Å²) in [6, 6.07) is 2.24. The van der Waals surface area contributed by atoms with Crippen LogP contribution in [0.2, 0.25) is 12.6 Å². The topological polar surface area (TPSA) is 28.2 Å². The van der Waals surface area contributed by atoms with Gasteiger partial charge < -0.3 is 10.2 Å². The summed E-state index contributed by atoms with van der Waals surface area (Å²) in [6.45, 7) is 13.9. The Kier molecular flexibility index (Phi) is 4.09. The van der Waals surface area contributed by atoms with Gasteiger partial charge in [-0.3, -0.25) is 0 Å². The zero-order valence-electron chi connectivity index (χ0n) is 14.3. The van der Waals surface area contributed by atoms with Gasteiger partial charge in [-0.2, -0.15) is 0 Å². The van der Waals surface area contributed by atoms with E-state index in [1.165, 1.54) is 18.1 Å². The van der Waals surface area contributed by atoms with Crippen LogP contribution in [0.5, 0.6) is 0 Å². The van der Waals surface area contributed by atoms with Crippen LogP contribution in [0.1, 0.15) is 27.7 Å². The van der Waals surface area contributed by atoms with Crippen molar-refractivity contribution in [2.24, 2.45) is 10.8 Å². The van der Waals surface area contributed by atoms with Gasteiger partial charge >= 0.3 is 0 Å². The normalized spacial score (nSPS) is 19.4. The second-order valence-corrected chi connectivity index (χ2v) is 7.76. The fourth-order valence-corrected chi connectivity index (χ4v) is 3.36. The van der Waals surface area contributed by atoms with Gasteiger partial charge in [-0.1, -0.05) is 52.4 Å². The average molecular weight is 285 g/mol. The van der Waals surface area contributed by atoms with Gasteiger partial charge in [0.2, 0.25) is 0 Å². The molecular weight excluding hydrogens is 257 g/mol.